The molecule has 0 spiro atoms. The molecular formula is C21H20ClF3N3O3-. The molecule has 1 atom stereocenters. The van der Waals surface area contributed by atoms with Crippen LogP contribution in [0.4, 0.5) is 24.5 Å². The van der Waals surface area contributed by atoms with E-state index < -0.39 is 23.6 Å². The van der Waals surface area contributed by atoms with Crippen molar-refractivity contribution < 1.29 is 27.9 Å². The third kappa shape index (κ3) is 4.71. The van der Waals surface area contributed by atoms with Crippen LogP contribution < -0.4 is 15.7 Å². The number of aromatic carboxylic acids is 1. The van der Waals surface area contributed by atoms with Gasteiger partial charge in [0.2, 0.25) is 0 Å². The first-order chi connectivity index (χ1) is 14.5. The van der Waals surface area contributed by atoms with Crippen LogP contribution in [0.25, 0.3) is 0 Å². The average Bonchev–Trinajstić information content (AvgIpc) is 2.72. The number of carbonyl (C=O) groups is 2. The number of alkyl halides is 3. The molecule has 166 valence electrons. The average molecular weight is 455 g/mol. The van der Waals surface area contributed by atoms with Crippen molar-refractivity contribution in [2.75, 3.05) is 30.3 Å². The predicted molar refractivity (Wildman–Crippen MR) is 109 cm³/mol. The minimum Gasteiger partial charge on any atom is -0.545 e. The second kappa shape index (κ2) is 8.66. The van der Waals surface area contributed by atoms with Gasteiger partial charge in [-0.15, -0.1) is 0 Å². The molecule has 2 aromatic rings. The molecule has 1 aliphatic heterocycles. The standard InChI is InChI=1S/C21H21ClF3N3O3/c1-2-14-11-27(19(29)15-5-3-12(9-17(15)22)21(23,24)25)7-8-28(14)18-6-4-13(26)10-16(18)20(30)31/h3-6,9-10,14H,2,7-8,11,26H2,1H3,(H,30,31)/p-1/t14-/m1/s1. The molecule has 0 radical (unpaired) electrons. The maximum atomic E-state index is 12.9. The van der Waals surface area contributed by atoms with E-state index in [0.29, 0.717) is 24.3 Å². The lowest BCUT2D eigenvalue weighted by Crippen LogP contribution is -2.55. The van der Waals surface area contributed by atoms with Crippen molar-refractivity contribution in [3.05, 3.63) is 58.1 Å². The van der Waals surface area contributed by atoms with E-state index in [1.807, 2.05) is 11.8 Å². The lowest BCUT2D eigenvalue weighted by Gasteiger charge is -2.43. The molecule has 1 fully saturated rings. The number of carboxylic acid groups (broad SMARTS) is 1. The number of nitrogens with two attached hydrogens (primary N) is 1. The molecule has 31 heavy (non-hydrogen) atoms. The van der Waals surface area contributed by atoms with E-state index in [2.05, 4.69) is 0 Å². The van der Waals surface area contributed by atoms with Crippen LogP contribution in [0.15, 0.2) is 36.4 Å². The van der Waals surface area contributed by atoms with E-state index in [9.17, 15) is 27.9 Å². The Balaban J connectivity index is 1.83. The molecule has 2 N–H and O–H groups in total. The number of nitrogen functional groups attached to an aromatic ring is 1. The number of nitrogens with zero attached hydrogens (tertiary/aromatic N) is 2. The van der Waals surface area contributed by atoms with Crippen molar-refractivity contribution in [1.82, 2.24) is 4.90 Å². The van der Waals surface area contributed by atoms with Gasteiger partial charge in [0.25, 0.3) is 5.91 Å². The highest BCUT2D eigenvalue weighted by molar-refractivity contribution is 6.33. The second-order valence-corrected chi connectivity index (χ2v) is 7.67. The highest BCUT2D eigenvalue weighted by atomic mass is 35.5. The number of anilines is 2. The first kappa shape index (κ1) is 22.7. The monoisotopic (exact) mass is 454 g/mol. The molecule has 1 heterocycles. The Morgan fingerprint density at radius 2 is 1.87 bits per heavy atom. The fourth-order valence-electron chi connectivity index (χ4n) is 3.71. The van der Waals surface area contributed by atoms with Crippen LogP contribution in [-0.2, 0) is 6.18 Å². The first-order valence-electron chi connectivity index (χ1n) is 9.56. The minimum absolute atomic E-state index is 0.0131. The van der Waals surface area contributed by atoms with E-state index in [-0.39, 0.29) is 35.3 Å². The summed E-state index contributed by atoms with van der Waals surface area (Å²) in [4.78, 5) is 27.9. The first-order valence-corrected chi connectivity index (χ1v) is 9.94. The highest BCUT2D eigenvalue weighted by Gasteiger charge is 2.34. The Bertz CT molecular complexity index is 1010. The van der Waals surface area contributed by atoms with Crippen molar-refractivity contribution in [2.45, 2.75) is 25.6 Å². The summed E-state index contributed by atoms with van der Waals surface area (Å²) in [5, 5.41) is 11.3. The van der Waals surface area contributed by atoms with Crippen LogP contribution in [0.1, 0.15) is 39.6 Å². The summed E-state index contributed by atoms with van der Waals surface area (Å²) in [5.41, 5.74) is 5.45. The van der Waals surface area contributed by atoms with Gasteiger partial charge in [0.15, 0.2) is 0 Å². The molecule has 10 heteroatoms. The SMILES string of the molecule is CC[C@@H]1CN(C(=O)c2ccc(C(F)(F)F)cc2Cl)CCN1c1ccc(N)cc1C(=O)[O-]. The predicted octanol–water partition coefficient (Wildman–Crippen LogP) is 3.05. The van der Waals surface area contributed by atoms with Gasteiger partial charge in [-0.25, -0.2) is 0 Å². The van der Waals surface area contributed by atoms with Gasteiger partial charge in [-0.1, -0.05) is 18.5 Å². The highest BCUT2D eigenvalue weighted by Crippen LogP contribution is 2.33. The molecule has 1 aliphatic rings. The van der Waals surface area contributed by atoms with E-state index in [1.54, 1.807) is 12.1 Å². The molecule has 1 amide bonds. The molecule has 0 bridgehead atoms. The number of benzene rings is 2. The second-order valence-electron chi connectivity index (χ2n) is 7.26. The minimum atomic E-state index is -4.56. The normalized spacial score (nSPS) is 17.0. The van der Waals surface area contributed by atoms with Crippen molar-refractivity contribution in [1.29, 1.82) is 0 Å². The van der Waals surface area contributed by atoms with Gasteiger partial charge in [0.1, 0.15) is 0 Å². The van der Waals surface area contributed by atoms with E-state index in [1.165, 1.54) is 11.0 Å². The number of piperazine rings is 1. The Labute approximate surface area is 182 Å². The van der Waals surface area contributed by atoms with Gasteiger partial charge < -0.3 is 25.4 Å². The van der Waals surface area contributed by atoms with E-state index >= 15 is 0 Å². The van der Waals surface area contributed by atoms with Gasteiger partial charge in [-0.3, -0.25) is 4.79 Å². The lowest BCUT2D eigenvalue weighted by atomic mass is 10.0. The quantitative estimate of drug-likeness (QED) is 0.717. The van der Waals surface area contributed by atoms with Crippen molar-refractivity contribution in [3.8, 4) is 0 Å². The summed E-state index contributed by atoms with van der Waals surface area (Å²) in [7, 11) is 0. The smallest absolute Gasteiger partial charge is 0.416 e. The fourth-order valence-corrected chi connectivity index (χ4v) is 3.97. The van der Waals surface area contributed by atoms with Crippen LogP contribution in [0, 0.1) is 0 Å². The number of carboxylic acids is 1. The molecule has 0 aromatic heterocycles. The number of halogens is 4. The third-order valence-electron chi connectivity index (χ3n) is 5.32. The van der Waals surface area contributed by atoms with Gasteiger partial charge in [-0.2, -0.15) is 13.2 Å². The summed E-state index contributed by atoms with van der Waals surface area (Å²) < 4.78 is 38.6. The molecule has 2 aromatic carbocycles. The summed E-state index contributed by atoms with van der Waals surface area (Å²) in [6.45, 7) is 2.71. The van der Waals surface area contributed by atoms with Crippen LogP contribution >= 0.6 is 11.6 Å². The van der Waals surface area contributed by atoms with Crippen LogP contribution in [0.3, 0.4) is 0 Å². The van der Waals surface area contributed by atoms with Crippen LogP contribution in [0.5, 0.6) is 0 Å². The summed E-state index contributed by atoms with van der Waals surface area (Å²) in [6.07, 6.45) is -3.96. The largest absolute Gasteiger partial charge is 0.545 e. The number of hydrogen-bond acceptors (Lipinski definition) is 5. The van der Waals surface area contributed by atoms with E-state index in [0.717, 1.165) is 18.2 Å². The Morgan fingerprint density at radius 3 is 2.45 bits per heavy atom. The summed E-state index contributed by atoms with van der Waals surface area (Å²) in [6, 6.07) is 6.95. The number of carbonyl (C=O) groups excluding carboxylic acids is 2. The van der Waals surface area contributed by atoms with Crippen molar-refractivity contribution >= 4 is 34.9 Å². The fraction of sp³-hybridized carbons (Fsp3) is 0.333. The Hall–Kier alpha value is -2.94. The van der Waals surface area contributed by atoms with Crippen molar-refractivity contribution in [2.24, 2.45) is 0 Å². The van der Waals surface area contributed by atoms with E-state index in [4.69, 9.17) is 17.3 Å². The Morgan fingerprint density at radius 1 is 1.16 bits per heavy atom. The van der Waals surface area contributed by atoms with Crippen LogP contribution in [0.2, 0.25) is 5.02 Å². The molecule has 0 unspecified atom stereocenters. The number of hydrogen-bond donors (Lipinski definition) is 1. The zero-order chi connectivity index (χ0) is 22.9. The topological polar surface area (TPSA) is 89.7 Å². The summed E-state index contributed by atoms with van der Waals surface area (Å²) in [5.74, 6) is -1.83. The summed E-state index contributed by atoms with van der Waals surface area (Å²) >= 11 is 5.97. The van der Waals surface area contributed by atoms with Crippen molar-refractivity contribution in [3.63, 3.8) is 0 Å². The van der Waals surface area contributed by atoms with Crippen LogP contribution in [-0.4, -0.2) is 42.5 Å². The molecule has 1 saturated heterocycles. The maximum absolute atomic E-state index is 12.9. The Kier molecular flexibility index (Phi) is 6.35. The maximum Gasteiger partial charge on any atom is 0.416 e. The van der Waals surface area contributed by atoms with Gasteiger partial charge in [0, 0.05) is 42.6 Å². The zero-order valence-corrected chi connectivity index (χ0v) is 17.3. The number of rotatable bonds is 4. The van der Waals surface area contributed by atoms with Gasteiger partial charge in [-0.05, 0) is 42.8 Å². The lowest BCUT2D eigenvalue weighted by molar-refractivity contribution is -0.254. The number of amides is 1. The molecule has 3 rings (SSSR count). The van der Waals surface area contributed by atoms with Gasteiger partial charge >= 0.3 is 6.18 Å². The zero-order valence-electron chi connectivity index (χ0n) is 16.6. The molecule has 0 aliphatic carbocycles. The molecule has 6 nitrogen and oxygen atoms in total. The molecule has 0 saturated carbocycles. The van der Waals surface area contributed by atoms with Gasteiger partial charge in [0.05, 0.1) is 22.1 Å². The third-order valence-corrected chi connectivity index (χ3v) is 5.63. The molecular weight excluding hydrogens is 435 g/mol.